The van der Waals surface area contributed by atoms with E-state index in [0.717, 1.165) is 16.8 Å². The number of benzene rings is 1. The number of halogens is 2. The Hall–Kier alpha value is -2.51. The van der Waals surface area contributed by atoms with Gasteiger partial charge in [-0.25, -0.2) is 18.3 Å². The first-order chi connectivity index (χ1) is 9.49. The molecule has 1 aromatic heterocycles. The van der Waals surface area contributed by atoms with Crippen molar-refractivity contribution in [1.82, 2.24) is 25.2 Å². The average Bonchev–Trinajstić information content (AvgIpc) is 2.84. The third-order valence-electron chi connectivity index (χ3n) is 2.53. The summed E-state index contributed by atoms with van der Waals surface area (Å²) in [6.45, 7) is 0.118. The van der Waals surface area contributed by atoms with Gasteiger partial charge in [0, 0.05) is 14.1 Å². The third-order valence-corrected chi connectivity index (χ3v) is 2.53. The molecule has 0 radical (unpaired) electrons. The molecule has 2 rings (SSSR count). The predicted molar refractivity (Wildman–Crippen MR) is 67.2 cm³/mol. The molecule has 0 aliphatic carbocycles. The zero-order valence-corrected chi connectivity index (χ0v) is 11.0. The summed E-state index contributed by atoms with van der Waals surface area (Å²) in [6, 6.07) is 3.24. The zero-order chi connectivity index (χ0) is 14.7. The first-order valence-corrected chi connectivity index (χ1v) is 5.80. The van der Waals surface area contributed by atoms with Crippen LogP contribution in [0.2, 0.25) is 0 Å². The number of nitrogens with zero attached hydrogens (tertiary/aromatic N) is 4. The standard InChI is InChI=1S/C12H13F2N5O/c1-18(2)12(20)15-6-8-7-19(17-16-8)11-9(13)4-3-5-10(11)14/h3-5,7H,6H2,1-2H3,(H,15,20). The molecule has 0 aliphatic heterocycles. The van der Waals surface area contributed by atoms with Gasteiger partial charge in [-0.05, 0) is 12.1 Å². The summed E-state index contributed by atoms with van der Waals surface area (Å²) in [7, 11) is 3.20. The van der Waals surface area contributed by atoms with Crippen molar-refractivity contribution in [1.29, 1.82) is 0 Å². The van der Waals surface area contributed by atoms with E-state index in [4.69, 9.17) is 0 Å². The largest absolute Gasteiger partial charge is 0.332 e. The van der Waals surface area contributed by atoms with Gasteiger partial charge in [0.15, 0.2) is 11.6 Å². The van der Waals surface area contributed by atoms with Crippen LogP contribution in [0.25, 0.3) is 5.69 Å². The zero-order valence-electron chi connectivity index (χ0n) is 11.0. The molecule has 1 aromatic carbocycles. The van der Waals surface area contributed by atoms with Crippen LogP contribution in [0.5, 0.6) is 0 Å². The maximum Gasteiger partial charge on any atom is 0.317 e. The second kappa shape index (κ2) is 5.64. The van der Waals surface area contributed by atoms with Crippen molar-refractivity contribution in [2.75, 3.05) is 14.1 Å². The van der Waals surface area contributed by atoms with E-state index >= 15 is 0 Å². The molecule has 0 saturated carbocycles. The number of carbonyl (C=O) groups is 1. The van der Waals surface area contributed by atoms with Crippen molar-refractivity contribution in [3.8, 4) is 5.69 Å². The molecule has 1 heterocycles. The van der Waals surface area contributed by atoms with E-state index in [1.54, 1.807) is 14.1 Å². The van der Waals surface area contributed by atoms with Gasteiger partial charge in [-0.3, -0.25) is 0 Å². The van der Waals surface area contributed by atoms with Gasteiger partial charge in [0.2, 0.25) is 0 Å². The lowest BCUT2D eigenvalue weighted by atomic mass is 10.3. The molecular weight excluding hydrogens is 268 g/mol. The molecule has 0 aliphatic rings. The third kappa shape index (κ3) is 2.90. The molecule has 2 aromatic rings. The predicted octanol–water partition coefficient (Wildman–Crippen LogP) is 1.32. The maximum absolute atomic E-state index is 13.6. The van der Waals surface area contributed by atoms with E-state index in [1.165, 1.54) is 17.2 Å². The Kier molecular flexibility index (Phi) is 3.92. The molecule has 20 heavy (non-hydrogen) atoms. The van der Waals surface area contributed by atoms with Gasteiger partial charge in [0.05, 0.1) is 12.7 Å². The van der Waals surface area contributed by atoms with Crippen molar-refractivity contribution in [2.24, 2.45) is 0 Å². The first kappa shape index (κ1) is 13.9. The summed E-state index contributed by atoms with van der Waals surface area (Å²) in [6.07, 6.45) is 1.36. The highest BCUT2D eigenvalue weighted by molar-refractivity contribution is 5.73. The molecule has 0 saturated heterocycles. The monoisotopic (exact) mass is 281 g/mol. The minimum atomic E-state index is -0.737. The molecule has 0 unspecified atom stereocenters. The smallest absolute Gasteiger partial charge is 0.317 e. The van der Waals surface area contributed by atoms with E-state index in [1.807, 2.05) is 0 Å². The minimum absolute atomic E-state index is 0.118. The van der Waals surface area contributed by atoms with Gasteiger partial charge in [-0.1, -0.05) is 11.3 Å². The van der Waals surface area contributed by atoms with Crippen LogP contribution < -0.4 is 5.32 Å². The summed E-state index contributed by atoms with van der Waals surface area (Å²) in [5, 5.41) is 9.98. The van der Waals surface area contributed by atoms with Gasteiger partial charge in [-0.15, -0.1) is 5.10 Å². The number of carbonyl (C=O) groups excluding carboxylic acids is 1. The van der Waals surface area contributed by atoms with E-state index in [0.29, 0.717) is 5.69 Å². The summed E-state index contributed by atoms with van der Waals surface area (Å²) in [4.78, 5) is 12.7. The van der Waals surface area contributed by atoms with Crippen LogP contribution in [0.1, 0.15) is 5.69 Å². The second-order valence-corrected chi connectivity index (χ2v) is 4.28. The van der Waals surface area contributed by atoms with E-state index in [2.05, 4.69) is 15.6 Å². The fourth-order valence-corrected chi connectivity index (χ4v) is 1.52. The van der Waals surface area contributed by atoms with Crippen LogP contribution >= 0.6 is 0 Å². The minimum Gasteiger partial charge on any atom is -0.332 e. The first-order valence-electron chi connectivity index (χ1n) is 5.80. The van der Waals surface area contributed by atoms with Gasteiger partial charge in [0.1, 0.15) is 11.4 Å². The van der Waals surface area contributed by atoms with Crippen molar-refractivity contribution in [2.45, 2.75) is 6.54 Å². The number of hydrogen-bond donors (Lipinski definition) is 1. The highest BCUT2D eigenvalue weighted by atomic mass is 19.1. The lowest BCUT2D eigenvalue weighted by Crippen LogP contribution is -2.34. The highest BCUT2D eigenvalue weighted by Crippen LogP contribution is 2.16. The number of nitrogens with one attached hydrogen (secondary N) is 1. The summed E-state index contributed by atoms with van der Waals surface area (Å²) >= 11 is 0. The molecule has 0 atom stereocenters. The Bertz CT molecular complexity index is 606. The van der Waals surface area contributed by atoms with Gasteiger partial charge < -0.3 is 10.2 Å². The average molecular weight is 281 g/mol. The normalized spacial score (nSPS) is 10.4. The number of rotatable bonds is 3. The summed E-state index contributed by atoms with van der Waals surface area (Å²) < 4.78 is 28.1. The number of amides is 2. The fraction of sp³-hybridized carbons (Fsp3) is 0.250. The molecular formula is C12H13F2N5O. The molecule has 0 bridgehead atoms. The quantitative estimate of drug-likeness (QED) is 0.922. The summed E-state index contributed by atoms with van der Waals surface area (Å²) in [5.74, 6) is -1.47. The second-order valence-electron chi connectivity index (χ2n) is 4.28. The van der Waals surface area contributed by atoms with Crippen LogP contribution in [0, 0.1) is 11.6 Å². The number of para-hydroxylation sites is 1. The molecule has 8 heteroatoms. The molecule has 1 N–H and O–H groups in total. The van der Waals surface area contributed by atoms with Crippen LogP contribution in [-0.4, -0.2) is 40.0 Å². The molecule has 106 valence electrons. The van der Waals surface area contributed by atoms with Crippen LogP contribution in [0.15, 0.2) is 24.4 Å². The highest BCUT2D eigenvalue weighted by Gasteiger charge is 2.13. The lowest BCUT2D eigenvalue weighted by molar-refractivity contribution is 0.217. The molecule has 0 fully saturated rings. The van der Waals surface area contributed by atoms with Crippen molar-refractivity contribution in [3.05, 3.63) is 41.7 Å². The number of aromatic nitrogens is 3. The fourth-order valence-electron chi connectivity index (χ4n) is 1.52. The topological polar surface area (TPSA) is 63.1 Å². The summed E-state index contributed by atoms with van der Waals surface area (Å²) in [5.41, 5.74) is 0.0908. The van der Waals surface area contributed by atoms with Gasteiger partial charge >= 0.3 is 6.03 Å². The van der Waals surface area contributed by atoms with E-state index in [9.17, 15) is 13.6 Å². The Morgan fingerprint density at radius 1 is 1.35 bits per heavy atom. The Morgan fingerprint density at radius 2 is 2.00 bits per heavy atom. The van der Waals surface area contributed by atoms with Gasteiger partial charge in [0.25, 0.3) is 0 Å². The van der Waals surface area contributed by atoms with Gasteiger partial charge in [-0.2, -0.15) is 0 Å². The maximum atomic E-state index is 13.6. The van der Waals surface area contributed by atoms with Crippen LogP contribution in [-0.2, 0) is 6.54 Å². The van der Waals surface area contributed by atoms with E-state index in [-0.39, 0.29) is 18.3 Å². The molecule has 0 spiro atoms. The van der Waals surface area contributed by atoms with Crippen molar-refractivity contribution in [3.63, 3.8) is 0 Å². The van der Waals surface area contributed by atoms with Crippen LogP contribution in [0.3, 0.4) is 0 Å². The van der Waals surface area contributed by atoms with Crippen LogP contribution in [0.4, 0.5) is 13.6 Å². The SMILES string of the molecule is CN(C)C(=O)NCc1cn(-c2c(F)cccc2F)nn1. The Balaban J connectivity index is 2.15. The van der Waals surface area contributed by atoms with Crippen molar-refractivity contribution < 1.29 is 13.6 Å². The Morgan fingerprint density at radius 3 is 2.60 bits per heavy atom. The Labute approximate surface area is 114 Å². The lowest BCUT2D eigenvalue weighted by Gasteiger charge is -2.10. The molecule has 6 nitrogen and oxygen atoms in total. The molecule has 2 amide bonds. The number of urea groups is 1. The van der Waals surface area contributed by atoms with E-state index < -0.39 is 11.6 Å². The number of hydrogen-bond acceptors (Lipinski definition) is 3. The van der Waals surface area contributed by atoms with Crippen molar-refractivity contribution >= 4 is 6.03 Å².